The average Bonchev–Trinajstić information content (AvgIpc) is 2.80. The van der Waals surface area contributed by atoms with Gasteiger partial charge in [-0.15, -0.1) is 0 Å². The van der Waals surface area contributed by atoms with E-state index in [1.165, 1.54) is 38.9 Å². The van der Waals surface area contributed by atoms with Crippen molar-refractivity contribution in [1.29, 1.82) is 0 Å². The summed E-state index contributed by atoms with van der Waals surface area (Å²) in [6, 6.07) is 0. The van der Waals surface area contributed by atoms with Gasteiger partial charge in [-0.05, 0) is 25.8 Å². The number of nitrogens with zero attached hydrogens (tertiary/aromatic N) is 1. The van der Waals surface area contributed by atoms with E-state index in [1.54, 1.807) is 0 Å². The molecule has 0 aromatic carbocycles. The molecule has 1 saturated heterocycles. The number of hydrogen-bond acceptors (Lipinski definition) is 2. The molecule has 1 saturated carbocycles. The van der Waals surface area contributed by atoms with Crippen LogP contribution in [0.2, 0.25) is 0 Å². The maximum atomic E-state index is 5.79. The van der Waals surface area contributed by atoms with Crippen molar-refractivity contribution in [2.45, 2.75) is 31.8 Å². The van der Waals surface area contributed by atoms with E-state index < -0.39 is 0 Å². The van der Waals surface area contributed by atoms with Crippen LogP contribution in [0.5, 0.6) is 0 Å². The lowest BCUT2D eigenvalue weighted by Gasteiger charge is -2.21. The minimum Gasteiger partial charge on any atom is -0.374 e. The molecule has 11 heavy (non-hydrogen) atoms. The standard InChI is InChI=1S/C9H17NO/c1-2-10-6-3-7-11-9(8-10)4-5-9/h2-8H2,1H3. The third-order valence-corrected chi connectivity index (χ3v) is 2.79. The van der Waals surface area contributed by atoms with Crippen LogP contribution in [0, 0.1) is 0 Å². The second kappa shape index (κ2) is 2.76. The highest BCUT2D eigenvalue weighted by Crippen LogP contribution is 2.41. The molecule has 0 amide bonds. The summed E-state index contributed by atoms with van der Waals surface area (Å²) in [7, 11) is 0. The summed E-state index contributed by atoms with van der Waals surface area (Å²) in [6.07, 6.45) is 3.81. The van der Waals surface area contributed by atoms with Crippen LogP contribution in [-0.2, 0) is 4.74 Å². The minimum atomic E-state index is 0.312. The lowest BCUT2D eigenvalue weighted by molar-refractivity contribution is 0.0342. The SMILES string of the molecule is CCN1CCCOC2(CC2)C1. The van der Waals surface area contributed by atoms with E-state index >= 15 is 0 Å². The maximum absolute atomic E-state index is 5.79. The molecule has 2 heteroatoms. The predicted molar refractivity (Wildman–Crippen MR) is 44.6 cm³/mol. The molecule has 1 spiro atoms. The van der Waals surface area contributed by atoms with Gasteiger partial charge in [0.1, 0.15) is 0 Å². The molecule has 0 N–H and O–H groups in total. The molecule has 0 aromatic rings. The molecule has 0 bridgehead atoms. The molecule has 2 nitrogen and oxygen atoms in total. The fraction of sp³-hybridized carbons (Fsp3) is 1.00. The lowest BCUT2D eigenvalue weighted by Crippen LogP contribution is -2.32. The van der Waals surface area contributed by atoms with Gasteiger partial charge in [-0.25, -0.2) is 0 Å². The number of rotatable bonds is 1. The molecular weight excluding hydrogens is 138 g/mol. The zero-order valence-corrected chi connectivity index (χ0v) is 7.31. The fourth-order valence-corrected chi connectivity index (χ4v) is 1.82. The highest BCUT2D eigenvalue weighted by Gasteiger charge is 2.45. The second-order valence-corrected chi connectivity index (χ2v) is 3.75. The van der Waals surface area contributed by atoms with Crippen LogP contribution < -0.4 is 0 Å². The van der Waals surface area contributed by atoms with Crippen LogP contribution in [0.25, 0.3) is 0 Å². The molecule has 1 heterocycles. The molecule has 0 atom stereocenters. The Kier molecular flexibility index (Phi) is 1.90. The Morgan fingerprint density at radius 2 is 2.27 bits per heavy atom. The van der Waals surface area contributed by atoms with Gasteiger partial charge < -0.3 is 9.64 Å². The van der Waals surface area contributed by atoms with E-state index in [4.69, 9.17) is 4.74 Å². The van der Waals surface area contributed by atoms with Crippen LogP contribution in [-0.4, -0.2) is 36.7 Å². The number of ether oxygens (including phenoxy) is 1. The molecule has 0 aromatic heterocycles. The van der Waals surface area contributed by atoms with Gasteiger partial charge >= 0.3 is 0 Å². The van der Waals surface area contributed by atoms with Gasteiger partial charge in [-0.3, -0.25) is 0 Å². The molecule has 1 aliphatic carbocycles. The smallest absolute Gasteiger partial charge is 0.0810 e. The van der Waals surface area contributed by atoms with E-state index in [0.29, 0.717) is 5.60 Å². The monoisotopic (exact) mass is 155 g/mol. The second-order valence-electron chi connectivity index (χ2n) is 3.75. The van der Waals surface area contributed by atoms with E-state index in [-0.39, 0.29) is 0 Å². The summed E-state index contributed by atoms with van der Waals surface area (Å²) in [5.74, 6) is 0. The summed E-state index contributed by atoms with van der Waals surface area (Å²) < 4.78 is 5.79. The Bertz CT molecular complexity index is 142. The van der Waals surface area contributed by atoms with Crippen LogP contribution in [0.3, 0.4) is 0 Å². The number of hydrogen-bond donors (Lipinski definition) is 0. The first-order valence-corrected chi connectivity index (χ1v) is 4.71. The fourth-order valence-electron chi connectivity index (χ4n) is 1.82. The molecule has 2 aliphatic rings. The van der Waals surface area contributed by atoms with Crippen molar-refractivity contribution < 1.29 is 4.74 Å². The highest BCUT2D eigenvalue weighted by atomic mass is 16.5. The molecule has 1 aliphatic heterocycles. The Hall–Kier alpha value is -0.0800. The van der Waals surface area contributed by atoms with Gasteiger partial charge in [0.25, 0.3) is 0 Å². The zero-order valence-electron chi connectivity index (χ0n) is 7.31. The zero-order chi connectivity index (χ0) is 7.73. The number of likely N-dealkylation sites (N-methyl/N-ethyl adjacent to an activating group) is 1. The van der Waals surface area contributed by atoms with E-state index in [0.717, 1.165) is 6.61 Å². The van der Waals surface area contributed by atoms with Crippen molar-refractivity contribution in [1.82, 2.24) is 4.90 Å². The van der Waals surface area contributed by atoms with Gasteiger partial charge in [0.05, 0.1) is 5.60 Å². The van der Waals surface area contributed by atoms with Crippen LogP contribution in [0.1, 0.15) is 26.2 Å². The minimum absolute atomic E-state index is 0.312. The highest BCUT2D eigenvalue weighted by molar-refractivity contribution is 4.99. The van der Waals surface area contributed by atoms with E-state index in [9.17, 15) is 0 Å². The Morgan fingerprint density at radius 1 is 1.45 bits per heavy atom. The van der Waals surface area contributed by atoms with Crippen LogP contribution >= 0.6 is 0 Å². The molecule has 0 radical (unpaired) electrons. The third kappa shape index (κ3) is 1.57. The van der Waals surface area contributed by atoms with E-state index in [1.807, 2.05) is 0 Å². The first-order chi connectivity index (χ1) is 5.35. The topological polar surface area (TPSA) is 12.5 Å². The molecule has 0 unspecified atom stereocenters. The Balaban J connectivity index is 1.94. The lowest BCUT2D eigenvalue weighted by atomic mass is 10.3. The van der Waals surface area contributed by atoms with Crippen molar-refractivity contribution in [3.63, 3.8) is 0 Å². The maximum Gasteiger partial charge on any atom is 0.0810 e. The van der Waals surface area contributed by atoms with E-state index in [2.05, 4.69) is 11.8 Å². The normalized spacial score (nSPS) is 30.3. The van der Waals surface area contributed by atoms with Crippen molar-refractivity contribution >= 4 is 0 Å². The van der Waals surface area contributed by atoms with Crippen molar-refractivity contribution in [3.8, 4) is 0 Å². The average molecular weight is 155 g/mol. The Labute approximate surface area is 68.5 Å². The summed E-state index contributed by atoms with van der Waals surface area (Å²) >= 11 is 0. The van der Waals surface area contributed by atoms with Crippen molar-refractivity contribution in [3.05, 3.63) is 0 Å². The summed E-state index contributed by atoms with van der Waals surface area (Å²) in [5.41, 5.74) is 0.312. The largest absolute Gasteiger partial charge is 0.374 e. The molecule has 2 rings (SSSR count). The van der Waals surface area contributed by atoms with Gasteiger partial charge in [0.2, 0.25) is 0 Å². The first-order valence-electron chi connectivity index (χ1n) is 4.71. The van der Waals surface area contributed by atoms with Crippen molar-refractivity contribution in [2.24, 2.45) is 0 Å². The van der Waals surface area contributed by atoms with Gasteiger partial charge in [-0.1, -0.05) is 6.92 Å². The van der Waals surface area contributed by atoms with Gasteiger partial charge in [0.15, 0.2) is 0 Å². The van der Waals surface area contributed by atoms with Crippen LogP contribution in [0.4, 0.5) is 0 Å². The third-order valence-electron chi connectivity index (χ3n) is 2.79. The quantitative estimate of drug-likeness (QED) is 0.565. The van der Waals surface area contributed by atoms with Gasteiger partial charge in [-0.2, -0.15) is 0 Å². The van der Waals surface area contributed by atoms with Crippen LogP contribution in [0.15, 0.2) is 0 Å². The predicted octanol–water partition coefficient (Wildman–Crippen LogP) is 1.26. The van der Waals surface area contributed by atoms with Gasteiger partial charge in [0, 0.05) is 19.7 Å². The summed E-state index contributed by atoms with van der Waals surface area (Å²) in [4.78, 5) is 2.51. The molecule has 64 valence electrons. The first kappa shape index (κ1) is 7.56. The molecule has 2 fully saturated rings. The summed E-state index contributed by atoms with van der Waals surface area (Å²) in [6.45, 7) is 6.82. The summed E-state index contributed by atoms with van der Waals surface area (Å²) in [5, 5.41) is 0. The molecular formula is C9H17NO. The van der Waals surface area contributed by atoms with Crippen molar-refractivity contribution in [2.75, 3.05) is 26.2 Å². The Morgan fingerprint density at radius 3 is 2.91 bits per heavy atom.